The molecular weight excluding hydrogens is 284 g/mol. The minimum atomic E-state index is -0.451. The van der Waals surface area contributed by atoms with E-state index in [0.29, 0.717) is 31.9 Å². The van der Waals surface area contributed by atoms with Gasteiger partial charge in [0.2, 0.25) is 11.8 Å². The number of methoxy groups -OCH3 is 1. The summed E-state index contributed by atoms with van der Waals surface area (Å²) < 4.78 is 11.2. The molecule has 0 spiro atoms. The number of hydrogen-bond donors (Lipinski definition) is 0. The van der Waals surface area contributed by atoms with Gasteiger partial charge < -0.3 is 19.3 Å². The molecule has 2 aliphatic heterocycles. The van der Waals surface area contributed by atoms with E-state index in [1.54, 1.807) is 16.9 Å². The van der Waals surface area contributed by atoms with E-state index in [-0.39, 0.29) is 17.9 Å². The molecule has 0 N–H and O–H groups in total. The molecular formula is C16H20N2O4. The predicted molar refractivity (Wildman–Crippen MR) is 80.9 cm³/mol. The minimum Gasteiger partial charge on any atom is -0.486 e. The van der Waals surface area contributed by atoms with E-state index in [1.807, 2.05) is 24.3 Å². The lowest BCUT2D eigenvalue weighted by Gasteiger charge is -2.31. The topological polar surface area (TPSA) is 59.1 Å². The summed E-state index contributed by atoms with van der Waals surface area (Å²) in [6.45, 7) is 2.81. The first kappa shape index (κ1) is 14.8. The number of hydrogen-bond acceptors (Lipinski definition) is 4. The predicted octanol–water partition coefficient (Wildman–Crippen LogP) is 1.05. The Morgan fingerprint density at radius 3 is 2.91 bits per heavy atom. The number of rotatable bonds is 3. The van der Waals surface area contributed by atoms with Crippen LogP contribution in [0.25, 0.3) is 0 Å². The molecule has 1 fully saturated rings. The molecule has 6 nitrogen and oxygen atoms in total. The van der Waals surface area contributed by atoms with Crippen molar-refractivity contribution in [1.82, 2.24) is 4.90 Å². The third-order valence-electron chi connectivity index (χ3n) is 4.19. The van der Waals surface area contributed by atoms with Crippen molar-refractivity contribution in [2.75, 3.05) is 31.7 Å². The van der Waals surface area contributed by atoms with Crippen LogP contribution in [0.2, 0.25) is 0 Å². The van der Waals surface area contributed by atoms with Crippen molar-refractivity contribution in [2.24, 2.45) is 0 Å². The molecule has 118 valence electrons. The van der Waals surface area contributed by atoms with Gasteiger partial charge in [-0.3, -0.25) is 9.59 Å². The van der Waals surface area contributed by atoms with Crippen LogP contribution in [0, 0.1) is 0 Å². The van der Waals surface area contributed by atoms with Gasteiger partial charge in [-0.05, 0) is 12.1 Å². The van der Waals surface area contributed by atoms with Gasteiger partial charge in [-0.25, -0.2) is 0 Å². The van der Waals surface area contributed by atoms with Gasteiger partial charge in [0.05, 0.1) is 18.8 Å². The quantitative estimate of drug-likeness (QED) is 0.837. The maximum atomic E-state index is 13.0. The van der Waals surface area contributed by atoms with Crippen LogP contribution < -0.4 is 9.64 Å². The first-order valence-corrected chi connectivity index (χ1v) is 7.45. The number of ether oxygens (including phenoxy) is 2. The summed E-state index contributed by atoms with van der Waals surface area (Å²) >= 11 is 0. The van der Waals surface area contributed by atoms with Gasteiger partial charge in [0.1, 0.15) is 17.9 Å². The highest BCUT2D eigenvalue weighted by Gasteiger charge is 2.43. The molecule has 6 heteroatoms. The highest BCUT2D eigenvalue weighted by atomic mass is 16.5. The largest absolute Gasteiger partial charge is 0.486 e. The molecule has 1 aromatic rings. The standard InChI is InChI=1S/C16H20N2O4/c1-11(19)18-10-12-9-14(18)16(20)17(7-8-21-2)13-5-3-4-6-15(13)22-12/h3-6,12,14H,7-10H2,1-2H3. The molecule has 2 atom stereocenters. The summed E-state index contributed by atoms with van der Waals surface area (Å²) in [6.07, 6.45) is 0.402. The fraction of sp³-hybridized carbons (Fsp3) is 0.500. The monoisotopic (exact) mass is 304 g/mol. The van der Waals surface area contributed by atoms with Gasteiger partial charge in [-0.15, -0.1) is 0 Å². The van der Waals surface area contributed by atoms with Crippen molar-refractivity contribution in [3.05, 3.63) is 24.3 Å². The third kappa shape index (κ3) is 2.54. The molecule has 0 aliphatic carbocycles. The summed E-state index contributed by atoms with van der Waals surface area (Å²) in [7, 11) is 1.60. The van der Waals surface area contributed by atoms with E-state index < -0.39 is 6.04 Å². The van der Waals surface area contributed by atoms with Gasteiger partial charge in [0.15, 0.2) is 0 Å². The first-order chi connectivity index (χ1) is 10.6. The highest BCUT2D eigenvalue weighted by molar-refractivity contribution is 6.00. The number of anilines is 1. The Balaban J connectivity index is 2.00. The molecule has 2 bridgehead atoms. The average molecular weight is 304 g/mol. The van der Waals surface area contributed by atoms with Crippen molar-refractivity contribution in [2.45, 2.75) is 25.5 Å². The Labute approximate surface area is 129 Å². The van der Waals surface area contributed by atoms with Crippen molar-refractivity contribution in [3.63, 3.8) is 0 Å². The number of nitrogens with zero attached hydrogens (tertiary/aromatic N) is 2. The number of carbonyl (C=O) groups excluding carboxylic acids is 2. The van der Waals surface area contributed by atoms with E-state index in [0.717, 1.165) is 5.69 Å². The Bertz CT molecular complexity index is 589. The fourth-order valence-corrected chi connectivity index (χ4v) is 3.14. The molecule has 3 rings (SSSR count). The van der Waals surface area contributed by atoms with Crippen LogP contribution in [-0.2, 0) is 14.3 Å². The number of likely N-dealkylation sites (tertiary alicyclic amines) is 1. The Morgan fingerprint density at radius 1 is 1.41 bits per heavy atom. The summed E-state index contributed by atoms with van der Waals surface area (Å²) in [6, 6.07) is 7.04. The first-order valence-electron chi connectivity index (χ1n) is 7.45. The number of carbonyl (C=O) groups is 2. The smallest absolute Gasteiger partial charge is 0.250 e. The zero-order chi connectivity index (χ0) is 15.7. The zero-order valence-corrected chi connectivity index (χ0v) is 12.8. The lowest BCUT2D eigenvalue weighted by molar-refractivity contribution is -0.135. The van der Waals surface area contributed by atoms with Crippen LogP contribution in [0.4, 0.5) is 5.69 Å². The Kier molecular flexibility index (Phi) is 4.02. The maximum Gasteiger partial charge on any atom is 0.250 e. The molecule has 0 saturated carbocycles. The normalized spacial score (nSPS) is 23.6. The van der Waals surface area contributed by atoms with Crippen molar-refractivity contribution in [3.8, 4) is 5.75 Å². The van der Waals surface area contributed by atoms with Gasteiger partial charge in [-0.1, -0.05) is 12.1 Å². The minimum absolute atomic E-state index is 0.0644. The lowest BCUT2D eigenvalue weighted by atomic mass is 10.1. The van der Waals surface area contributed by atoms with E-state index in [4.69, 9.17) is 9.47 Å². The second-order valence-corrected chi connectivity index (χ2v) is 5.61. The Hall–Kier alpha value is -2.08. The Morgan fingerprint density at radius 2 is 2.18 bits per heavy atom. The van der Waals surface area contributed by atoms with Crippen LogP contribution in [0.5, 0.6) is 5.75 Å². The van der Waals surface area contributed by atoms with Crippen molar-refractivity contribution >= 4 is 17.5 Å². The van der Waals surface area contributed by atoms with E-state index >= 15 is 0 Å². The molecule has 2 aliphatic rings. The van der Waals surface area contributed by atoms with Gasteiger partial charge in [0.25, 0.3) is 0 Å². The molecule has 2 amide bonds. The number of fused-ring (bicyclic) bond motifs is 3. The summed E-state index contributed by atoms with van der Waals surface area (Å²) in [4.78, 5) is 28.1. The molecule has 22 heavy (non-hydrogen) atoms. The van der Waals surface area contributed by atoms with E-state index in [1.165, 1.54) is 6.92 Å². The van der Waals surface area contributed by atoms with Gasteiger partial charge in [-0.2, -0.15) is 0 Å². The summed E-state index contributed by atoms with van der Waals surface area (Å²) in [5.41, 5.74) is 0.740. The number of amides is 2. The SMILES string of the molecule is COCCN1C(=O)C2CC(CN2C(C)=O)Oc2ccccc21. The third-order valence-corrected chi connectivity index (χ3v) is 4.19. The average Bonchev–Trinajstić information content (AvgIpc) is 2.93. The molecule has 0 radical (unpaired) electrons. The maximum absolute atomic E-state index is 13.0. The molecule has 1 saturated heterocycles. The highest BCUT2D eigenvalue weighted by Crippen LogP contribution is 2.35. The second-order valence-electron chi connectivity index (χ2n) is 5.61. The number of benzene rings is 1. The molecule has 2 unspecified atom stereocenters. The van der Waals surface area contributed by atoms with Crippen molar-refractivity contribution in [1.29, 1.82) is 0 Å². The van der Waals surface area contributed by atoms with Crippen molar-refractivity contribution < 1.29 is 19.1 Å². The summed E-state index contributed by atoms with van der Waals surface area (Å²) in [5.74, 6) is 0.522. The van der Waals surface area contributed by atoms with Crippen LogP contribution in [0.15, 0.2) is 24.3 Å². The lowest BCUT2D eigenvalue weighted by Crippen LogP contribution is -2.48. The van der Waals surface area contributed by atoms with Gasteiger partial charge >= 0.3 is 0 Å². The molecule has 1 aromatic carbocycles. The number of para-hydroxylation sites is 2. The fourth-order valence-electron chi connectivity index (χ4n) is 3.14. The van der Waals surface area contributed by atoms with Crippen LogP contribution in [0.1, 0.15) is 13.3 Å². The molecule has 0 aromatic heterocycles. The van der Waals surface area contributed by atoms with Crippen LogP contribution >= 0.6 is 0 Å². The van der Waals surface area contributed by atoms with E-state index in [9.17, 15) is 9.59 Å². The van der Waals surface area contributed by atoms with Crippen LogP contribution in [0.3, 0.4) is 0 Å². The molecule has 2 heterocycles. The van der Waals surface area contributed by atoms with Gasteiger partial charge in [0, 0.05) is 27.0 Å². The van der Waals surface area contributed by atoms with E-state index in [2.05, 4.69) is 0 Å². The van der Waals surface area contributed by atoms with Crippen LogP contribution in [-0.4, -0.2) is 55.7 Å². The zero-order valence-electron chi connectivity index (χ0n) is 12.8. The second kappa shape index (κ2) is 5.96. The summed E-state index contributed by atoms with van der Waals surface area (Å²) in [5, 5.41) is 0.